The monoisotopic (exact) mass is 405 g/mol. The molecular formula is C20H24FN3O3S. The average molecular weight is 405 g/mol. The zero-order valence-electron chi connectivity index (χ0n) is 16.0. The zero-order valence-corrected chi connectivity index (χ0v) is 16.8. The fourth-order valence-corrected chi connectivity index (χ4v) is 4.48. The van der Waals surface area contributed by atoms with Gasteiger partial charge < -0.3 is 5.32 Å². The molecule has 0 atom stereocenters. The van der Waals surface area contributed by atoms with Crippen LogP contribution in [-0.2, 0) is 14.8 Å². The van der Waals surface area contributed by atoms with Crippen molar-refractivity contribution in [3.8, 4) is 0 Å². The number of nitrogens with one attached hydrogen (secondary N) is 1. The molecule has 1 fully saturated rings. The minimum absolute atomic E-state index is 0.133. The third-order valence-electron chi connectivity index (χ3n) is 4.81. The summed E-state index contributed by atoms with van der Waals surface area (Å²) in [5.41, 5.74) is 1.93. The topological polar surface area (TPSA) is 69.7 Å². The van der Waals surface area contributed by atoms with Crippen LogP contribution in [0.1, 0.15) is 11.1 Å². The summed E-state index contributed by atoms with van der Waals surface area (Å²) in [5.74, 6) is -0.620. The van der Waals surface area contributed by atoms with Crippen LogP contribution in [0.5, 0.6) is 0 Å². The summed E-state index contributed by atoms with van der Waals surface area (Å²) in [6.07, 6.45) is 0. The normalized spacial score (nSPS) is 16.1. The summed E-state index contributed by atoms with van der Waals surface area (Å²) in [5, 5.41) is 2.68. The molecule has 6 nitrogen and oxygen atoms in total. The van der Waals surface area contributed by atoms with Crippen LogP contribution in [0.4, 0.5) is 10.1 Å². The maximum atomic E-state index is 13.6. The first-order valence-electron chi connectivity index (χ1n) is 9.11. The van der Waals surface area contributed by atoms with E-state index in [4.69, 9.17) is 0 Å². The van der Waals surface area contributed by atoms with Gasteiger partial charge in [-0.25, -0.2) is 12.8 Å². The number of piperazine rings is 1. The number of rotatable bonds is 5. The summed E-state index contributed by atoms with van der Waals surface area (Å²) >= 11 is 0. The van der Waals surface area contributed by atoms with Crippen LogP contribution in [0, 0.1) is 19.7 Å². The lowest BCUT2D eigenvalue weighted by atomic mass is 10.2. The standard InChI is InChI=1S/C20H24FN3O3S/c1-15-3-7-18(8-4-15)28(26,27)24-11-9-23(10-12-24)14-20(25)22-17-6-5-16(2)19(21)13-17/h3-8,13H,9-12,14H2,1-2H3,(H,22,25). The molecule has 150 valence electrons. The first-order valence-corrected chi connectivity index (χ1v) is 10.5. The van der Waals surface area contributed by atoms with Crippen LogP contribution in [0.2, 0.25) is 0 Å². The van der Waals surface area contributed by atoms with E-state index in [0.29, 0.717) is 37.4 Å². The van der Waals surface area contributed by atoms with E-state index in [-0.39, 0.29) is 23.2 Å². The van der Waals surface area contributed by atoms with Gasteiger partial charge in [0.25, 0.3) is 0 Å². The minimum atomic E-state index is -3.52. The summed E-state index contributed by atoms with van der Waals surface area (Å²) in [4.78, 5) is 14.4. The van der Waals surface area contributed by atoms with E-state index in [1.807, 2.05) is 11.8 Å². The van der Waals surface area contributed by atoms with E-state index in [2.05, 4.69) is 5.32 Å². The Balaban J connectivity index is 1.54. The number of carbonyl (C=O) groups is 1. The van der Waals surface area contributed by atoms with Gasteiger partial charge in [-0.15, -0.1) is 0 Å². The number of halogens is 1. The Bertz CT molecular complexity index is 953. The van der Waals surface area contributed by atoms with E-state index in [0.717, 1.165) is 5.56 Å². The van der Waals surface area contributed by atoms with Gasteiger partial charge in [0.15, 0.2) is 0 Å². The SMILES string of the molecule is Cc1ccc(S(=O)(=O)N2CCN(CC(=O)Nc3ccc(C)c(F)c3)CC2)cc1. The van der Waals surface area contributed by atoms with Gasteiger partial charge in [0.1, 0.15) is 5.82 Å². The van der Waals surface area contributed by atoms with Crippen LogP contribution in [0.15, 0.2) is 47.4 Å². The van der Waals surface area contributed by atoms with Gasteiger partial charge in [0.2, 0.25) is 15.9 Å². The first-order chi connectivity index (χ1) is 13.3. The molecule has 28 heavy (non-hydrogen) atoms. The molecule has 1 aliphatic heterocycles. The number of aryl methyl sites for hydroxylation is 2. The Hall–Kier alpha value is -2.29. The lowest BCUT2D eigenvalue weighted by Crippen LogP contribution is -2.50. The smallest absolute Gasteiger partial charge is 0.243 e. The number of hydrogen-bond acceptors (Lipinski definition) is 4. The van der Waals surface area contributed by atoms with Gasteiger partial charge in [-0.1, -0.05) is 23.8 Å². The van der Waals surface area contributed by atoms with E-state index in [1.165, 1.54) is 10.4 Å². The second kappa shape index (κ2) is 8.38. The van der Waals surface area contributed by atoms with Gasteiger partial charge in [-0.3, -0.25) is 9.69 Å². The Morgan fingerprint density at radius 1 is 1.04 bits per heavy atom. The van der Waals surface area contributed by atoms with E-state index in [1.54, 1.807) is 43.3 Å². The van der Waals surface area contributed by atoms with Gasteiger partial charge >= 0.3 is 0 Å². The van der Waals surface area contributed by atoms with Crippen molar-refractivity contribution in [3.05, 3.63) is 59.4 Å². The van der Waals surface area contributed by atoms with Gasteiger partial charge in [-0.05, 0) is 43.7 Å². The fourth-order valence-electron chi connectivity index (χ4n) is 3.06. The van der Waals surface area contributed by atoms with Crippen LogP contribution in [-0.4, -0.2) is 56.3 Å². The van der Waals surface area contributed by atoms with Gasteiger partial charge in [-0.2, -0.15) is 4.31 Å². The molecule has 1 amide bonds. The van der Waals surface area contributed by atoms with Crippen LogP contribution in [0.3, 0.4) is 0 Å². The predicted molar refractivity (Wildman–Crippen MR) is 106 cm³/mol. The molecule has 0 aliphatic carbocycles. The number of nitrogens with zero attached hydrogens (tertiary/aromatic N) is 2. The molecule has 8 heteroatoms. The van der Waals surface area contributed by atoms with Crippen molar-refractivity contribution in [2.75, 3.05) is 38.0 Å². The van der Waals surface area contributed by atoms with E-state index < -0.39 is 10.0 Å². The summed E-state index contributed by atoms with van der Waals surface area (Å²) in [7, 11) is -3.52. The van der Waals surface area contributed by atoms with Crippen molar-refractivity contribution in [1.29, 1.82) is 0 Å². The molecule has 0 spiro atoms. The van der Waals surface area contributed by atoms with Crippen molar-refractivity contribution >= 4 is 21.6 Å². The number of carbonyl (C=O) groups excluding carboxylic acids is 1. The van der Waals surface area contributed by atoms with Crippen molar-refractivity contribution in [3.63, 3.8) is 0 Å². The summed E-state index contributed by atoms with van der Waals surface area (Å²) < 4.78 is 40.5. The summed E-state index contributed by atoms with van der Waals surface area (Å²) in [6.45, 7) is 5.26. The van der Waals surface area contributed by atoms with E-state index in [9.17, 15) is 17.6 Å². The van der Waals surface area contributed by atoms with Crippen LogP contribution >= 0.6 is 0 Å². The second-order valence-electron chi connectivity index (χ2n) is 7.01. The Kier molecular flexibility index (Phi) is 6.12. The molecular weight excluding hydrogens is 381 g/mol. The van der Waals surface area contributed by atoms with Crippen LogP contribution in [0.25, 0.3) is 0 Å². The quantitative estimate of drug-likeness (QED) is 0.829. The highest BCUT2D eigenvalue weighted by Crippen LogP contribution is 2.18. The molecule has 0 radical (unpaired) electrons. The highest BCUT2D eigenvalue weighted by atomic mass is 32.2. The van der Waals surface area contributed by atoms with Crippen molar-refractivity contribution in [2.45, 2.75) is 18.7 Å². The lowest BCUT2D eigenvalue weighted by molar-refractivity contribution is -0.117. The molecule has 0 unspecified atom stereocenters. The van der Waals surface area contributed by atoms with Crippen molar-refractivity contribution in [2.24, 2.45) is 0 Å². The molecule has 2 aromatic rings. The molecule has 1 N–H and O–H groups in total. The summed E-state index contributed by atoms with van der Waals surface area (Å²) in [6, 6.07) is 11.3. The molecule has 0 saturated carbocycles. The number of benzene rings is 2. The van der Waals surface area contributed by atoms with Crippen molar-refractivity contribution < 1.29 is 17.6 Å². The number of amides is 1. The largest absolute Gasteiger partial charge is 0.325 e. The Morgan fingerprint density at radius 3 is 2.29 bits per heavy atom. The second-order valence-corrected chi connectivity index (χ2v) is 8.94. The molecule has 1 heterocycles. The first kappa shape index (κ1) is 20.4. The fraction of sp³-hybridized carbons (Fsp3) is 0.350. The van der Waals surface area contributed by atoms with Gasteiger partial charge in [0.05, 0.1) is 11.4 Å². The number of sulfonamides is 1. The Labute approximate surface area is 165 Å². The predicted octanol–water partition coefficient (Wildman–Crippen LogP) is 2.39. The maximum absolute atomic E-state index is 13.6. The van der Waals surface area contributed by atoms with E-state index >= 15 is 0 Å². The van der Waals surface area contributed by atoms with Gasteiger partial charge in [0, 0.05) is 31.9 Å². The molecule has 1 saturated heterocycles. The van der Waals surface area contributed by atoms with Crippen molar-refractivity contribution in [1.82, 2.24) is 9.21 Å². The third-order valence-corrected chi connectivity index (χ3v) is 6.73. The average Bonchev–Trinajstić information content (AvgIpc) is 2.65. The molecule has 3 rings (SSSR count). The van der Waals surface area contributed by atoms with Crippen LogP contribution < -0.4 is 5.32 Å². The molecule has 1 aliphatic rings. The molecule has 0 aromatic heterocycles. The molecule has 0 bridgehead atoms. The third kappa shape index (κ3) is 4.76. The maximum Gasteiger partial charge on any atom is 0.243 e. The number of hydrogen-bond donors (Lipinski definition) is 1. The minimum Gasteiger partial charge on any atom is -0.325 e. The highest BCUT2D eigenvalue weighted by Gasteiger charge is 2.29. The highest BCUT2D eigenvalue weighted by molar-refractivity contribution is 7.89. The number of anilines is 1. The zero-order chi connectivity index (χ0) is 20.3. The Morgan fingerprint density at radius 2 is 1.68 bits per heavy atom. The lowest BCUT2D eigenvalue weighted by Gasteiger charge is -2.33. The molecule has 2 aromatic carbocycles.